The minimum Gasteiger partial charge on any atom is -0.362 e. The lowest BCUT2D eigenvalue weighted by Gasteiger charge is -2.12. The van der Waals surface area contributed by atoms with Gasteiger partial charge in [0.05, 0.1) is 5.56 Å². The maximum Gasteiger partial charge on any atom is 0.416 e. The van der Waals surface area contributed by atoms with E-state index >= 15 is 0 Å². The number of hydrogen-bond donors (Lipinski definition) is 2. The topological polar surface area (TPSA) is 24.1 Å². The predicted octanol–water partition coefficient (Wildman–Crippen LogP) is 6.91. The average Bonchev–Trinajstić information content (AvgIpc) is 2.59. The highest BCUT2D eigenvalue weighted by molar-refractivity contribution is 7.80. The van der Waals surface area contributed by atoms with Crippen LogP contribution < -0.4 is 10.6 Å². The number of anilines is 1. The summed E-state index contributed by atoms with van der Waals surface area (Å²) >= 11 is 5.14. The Hall–Kier alpha value is -1.30. The number of hydrogen-bond acceptors (Lipinski definition) is 1. The quantitative estimate of drug-likeness (QED) is 0.300. The second kappa shape index (κ2) is 13.0. The van der Waals surface area contributed by atoms with Crippen molar-refractivity contribution in [1.29, 1.82) is 0 Å². The number of benzene rings is 1. The summed E-state index contributed by atoms with van der Waals surface area (Å²) in [6.45, 7) is 2.97. The fourth-order valence-electron chi connectivity index (χ4n) is 2.76. The van der Waals surface area contributed by atoms with Crippen molar-refractivity contribution < 1.29 is 13.2 Å². The lowest BCUT2D eigenvalue weighted by atomic mass is 10.1. The summed E-state index contributed by atoms with van der Waals surface area (Å²) in [6.07, 6.45) is 8.31. The van der Waals surface area contributed by atoms with Crippen LogP contribution in [0.4, 0.5) is 18.9 Å². The minimum absolute atomic E-state index is 0.348. The monoisotopic (exact) mass is 388 g/mol. The molecule has 1 aromatic rings. The molecule has 2 N–H and O–H groups in total. The molecule has 0 amide bonds. The van der Waals surface area contributed by atoms with E-state index in [1.54, 1.807) is 6.07 Å². The first kappa shape index (κ1) is 22.7. The number of unbranched alkanes of at least 4 members (excludes halogenated alkanes) is 9. The van der Waals surface area contributed by atoms with Gasteiger partial charge < -0.3 is 10.6 Å². The number of thiocarbonyl (C=S) groups is 1. The molecule has 6 heteroatoms. The zero-order chi connectivity index (χ0) is 19.3. The molecule has 0 saturated heterocycles. The first-order chi connectivity index (χ1) is 12.4. The molecule has 0 fully saturated rings. The van der Waals surface area contributed by atoms with Gasteiger partial charge in [0.2, 0.25) is 0 Å². The maximum atomic E-state index is 12.7. The van der Waals surface area contributed by atoms with Crippen LogP contribution in [-0.4, -0.2) is 11.7 Å². The van der Waals surface area contributed by atoms with Crippen LogP contribution in [0.15, 0.2) is 24.3 Å². The van der Waals surface area contributed by atoms with Crippen LogP contribution in [0, 0.1) is 0 Å². The molecule has 1 aromatic carbocycles. The van der Waals surface area contributed by atoms with Crippen LogP contribution in [0.3, 0.4) is 0 Å². The highest BCUT2D eigenvalue weighted by atomic mass is 32.1. The van der Waals surface area contributed by atoms with Crippen molar-refractivity contribution in [3.63, 3.8) is 0 Å². The summed E-state index contributed by atoms with van der Waals surface area (Å²) in [5.74, 6) is 0. The molecule has 0 unspecified atom stereocenters. The molecule has 0 heterocycles. The highest BCUT2D eigenvalue weighted by Crippen LogP contribution is 2.30. The second-order valence-corrected chi connectivity index (χ2v) is 7.05. The molecule has 2 nitrogen and oxygen atoms in total. The summed E-state index contributed by atoms with van der Waals surface area (Å²) in [7, 11) is 0. The summed E-state index contributed by atoms with van der Waals surface area (Å²) < 4.78 is 38.0. The normalized spacial score (nSPS) is 11.4. The van der Waals surface area contributed by atoms with Crippen molar-refractivity contribution >= 4 is 23.0 Å². The zero-order valence-corrected chi connectivity index (χ0v) is 16.4. The van der Waals surface area contributed by atoms with Gasteiger partial charge in [0.1, 0.15) is 0 Å². The van der Waals surface area contributed by atoms with Crippen molar-refractivity contribution in [1.82, 2.24) is 5.32 Å². The van der Waals surface area contributed by atoms with Crippen LogP contribution in [0.5, 0.6) is 0 Å². The van der Waals surface area contributed by atoms with Gasteiger partial charge in [-0.1, -0.05) is 70.8 Å². The molecule has 0 aliphatic heterocycles. The summed E-state index contributed by atoms with van der Waals surface area (Å²) in [6, 6.07) is 5.06. The fourth-order valence-corrected chi connectivity index (χ4v) is 2.98. The van der Waals surface area contributed by atoms with Gasteiger partial charge in [-0.15, -0.1) is 0 Å². The molecule has 0 bridgehead atoms. The molecular weight excluding hydrogens is 357 g/mol. The van der Waals surface area contributed by atoms with Gasteiger partial charge in [-0.2, -0.15) is 13.2 Å². The van der Waals surface area contributed by atoms with E-state index < -0.39 is 11.7 Å². The SMILES string of the molecule is CCCCCCCCCCCCNC(=S)Nc1cccc(C(F)(F)F)c1. The van der Waals surface area contributed by atoms with E-state index in [9.17, 15) is 13.2 Å². The Morgan fingerprint density at radius 2 is 1.50 bits per heavy atom. The zero-order valence-electron chi connectivity index (χ0n) is 15.6. The van der Waals surface area contributed by atoms with Crippen LogP contribution in [0.1, 0.15) is 76.7 Å². The van der Waals surface area contributed by atoms with Gasteiger partial charge in [-0.05, 0) is 36.8 Å². The lowest BCUT2D eigenvalue weighted by Crippen LogP contribution is -2.29. The molecule has 0 aliphatic rings. The second-order valence-electron chi connectivity index (χ2n) is 6.64. The maximum absolute atomic E-state index is 12.7. The van der Waals surface area contributed by atoms with E-state index in [2.05, 4.69) is 17.6 Å². The summed E-state index contributed by atoms with van der Waals surface area (Å²) in [5, 5.41) is 6.23. The standard InChI is InChI=1S/C20H31F3N2S/c1-2-3-4-5-6-7-8-9-10-11-15-24-19(26)25-18-14-12-13-17(16-18)20(21,22)23/h12-14,16H,2-11,15H2,1H3,(H2,24,25,26). The molecule has 26 heavy (non-hydrogen) atoms. The van der Waals surface area contributed by atoms with Gasteiger partial charge in [0.25, 0.3) is 0 Å². The third kappa shape index (κ3) is 10.6. The summed E-state index contributed by atoms with van der Waals surface area (Å²) in [5.41, 5.74) is -0.333. The molecular formula is C20H31F3N2S. The predicted molar refractivity (Wildman–Crippen MR) is 108 cm³/mol. The van der Waals surface area contributed by atoms with E-state index in [4.69, 9.17) is 12.2 Å². The molecule has 1 rings (SSSR count). The molecule has 0 saturated carbocycles. The van der Waals surface area contributed by atoms with Crippen molar-refractivity contribution in [3.8, 4) is 0 Å². The summed E-state index contributed by atoms with van der Waals surface area (Å²) in [4.78, 5) is 0. The number of rotatable bonds is 12. The van der Waals surface area contributed by atoms with Crippen LogP contribution >= 0.6 is 12.2 Å². The first-order valence-electron chi connectivity index (χ1n) is 9.65. The highest BCUT2D eigenvalue weighted by Gasteiger charge is 2.30. The molecule has 0 atom stereocenters. The molecule has 0 spiro atoms. The Morgan fingerprint density at radius 1 is 0.923 bits per heavy atom. The van der Waals surface area contributed by atoms with E-state index in [0.717, 1.165) is 31.5 Å². The van der Waals surface area contributed by atoms with Gasteiger partial charge >= 0.3 is 6.18 Å². The van der Waals surface area contributed by atoms with E-state index in [0.29, 0.717) is 10.8 Å². The number of halogens is 3. The first-order valence-corrected chi connectivity index (χ1v) is 10.1. The van der Waals surface area contributed by atoms with Gasteiger partial charge in [-0.3, -0.25) is 0 Å². The Morgan fingerprint density at radius 3 is 2.08 bits per heavy atom. The third-order valence-electron chi connectivity index (χ3n) is 4.26. The van der Waals surface area contributed by atoms with E-state index in [-0.39, 0.29) is 0 Å². The Bertz CT molecular complexity index is 518. The third-order valence-corrected chi connectivity index (χ3v) is 4.51. The van der Waals surface area contributed by atoms with Crippen LogP contribution in [0.2, 0.25) is 0 Å². The van der Waals surface area contributed by atoms with Crippen LogP contribution in [-0.2, 0) is 6.18 Å². The molecule has 0 radical (unpaired) electrons. The molecule has 148 valence electrons. The fraction of sp³-hybridized carbons (Fsp3) is 0.650. The largest absolute Gasteiger partial charge is 0.416 e. The van der Waals surface area contributed by atoms with E-state index in [1.807, 2.05) is 0 Å². The van der Waals surface area contributed by atoms with Crippen molar-refractivity contribution in [2.45, 2.75) is 77.3 Å². The van der Waals surface area contributed by atoms with Crippen molar-refractivity contribution in [2.75, 3.05) is 11.9 Å². The average molecular weight is 389 g/mol. The number of nitrogens with one attached hydrogen (secondary N) is 2. The van der Waals surface area contributed by atoms with E-state index in [1.165, 1.54) is 57.4 Å². The number of alkyl halides is 3. The lowest BCUT2D eigenvalue weighted by molar-refractivity contribution is -0.137. The van der Waals surface area contributed by atoms with Crippen LogP contribution in [0.25, 0.3) is 0 Å². The Balaban J connectivity index is 2.07. The van der Waals surface area contributed by atoms with Crippen molar-refractivity contribution in [3.05, 3.63) is 29.8 Å². The Labute approximate surface area is 160 Å². The smallest absolute Gasteiger partial charge is 0.362 e. The van der Waals surface area contributed by atoms with Crippen molar-refractivity contribution in [2.24, 2.45) is 0 Å². The molecule has 0 aromatic heterocycles. The molecule has 0 aliphatic carbocycles. The minimum atomic E-state index is -4.34. The van der Waals surface area contributed by atoms with Gasteiger partial charge in [0, 0.05) is 12.2 Å². The van der Waals surface area contributed by atoms with Gasteiger partial charge in [0.15, 0.2) is 5.11 Å². The van der Waals surface area contributed by atoms with Gasteiger partial charge in [-0.25, -0.2) is 0 Å². The Kier molecular flexibility index (Phi) is 11.3.